The number of rotatable bonds is 4. The second-order valence-electron chi connectivity index (χ2n) is 5.83. The Balaban J connectivity index is 2.00. The van der Waals surface area contributed by atoms with Gasteiger partial charge in [0.05, 0.1) is 26.2 Å². The van der Waals surface area contributed by atoms with E-state index in [0.29, 0.717) is 6.54 Å². The fourth-order valence-electron chi connectivity index (χ4n) is 2.73. The zero-order valence-corrected chi connectivity index (χ0v) is 13.2. The molecule has 1 unspecified atom stereocenters. The molecule has 2 rings (SSSR count). The summed E-state index contributed by atoms with van der Waals surface area (Å²) in [6.45, 7) is 3.22. The van der Waals surface area contributed by atoms with E-state index >= 15 is 0 Å². The van der Waals surface area contributed by atoms with Crippen LogP contribution in [0, 0.1) is 0 Å². The van der Waals surface area contributed by atoms with E-state index in [9.17, 15) is 19.2 Å². The van der Waals surface area contributed by atoms with E-state index in [-0.39, 0.29) is 55.8 Å². The normalized spacial score (nSPS) is 23.4. The van der Waals surface area contributed by atoms with Crippen molar-refractivity contribution in [1.29, 1.82) is 0 Å². The lowest BCUT2D eigenvalue weighted by Crippen LogP contribution is -2.59. The summed E-state index contributed by atoms with van der Waals surface area (Å²) in [5.41, 5.74) is 0. The van der Waals surface area contributed by atoms with E-state index in [4.69, 9.17) is 0 Å². The molecule has 4 amide bonds. The van der Waals surface area contributed by atoms with Gasteiger partial charge < -0.3 is 0 Å². The molecule has 2 aliphatic heterocycles. The third-order valence-corrected chi connectivity index (χ3v) is 4.35. The van der Waals surface area contributed by atoms with Crippen LogP contribution in [0.1, 0.15) is 13.3 Å². The summed E-state index contributed by atoms with van der Waals surface area (Å²) >= 11 is 0. The van der Waals surface area contributed by atoms with Crippen LogP contribution in [0.5, 0.6) is 0 Å². The first kappa shape index (κ1) is 16.6. The van der Waals surface area contributed by atoms with Gasteiger partial charge in [-0.1, -0.05) is 6.92 Å². The summed E-state index contributed by atoms with van der Waals surface area (Å²) in [6.07, 6.45) is 0.735. The lowest BCUT2D eigenvalue weighted by atomic mass is 10.1. The number of nitrogens with zero attached hydrogens (tertiary/aromatic N) is 4. The molecule has 22 heavy (non-hydrogen) atoms. The minimum absolute atomic E-state index is 0.0365. The SMILES string of the molecule is CCC(CN1CC(=O)N(C)C(=O)C1)N1CC(=O)N(C)C(=O)C1. The summed E-state index contributed by atoms with van der Waals surface area (Å²) < 4.78 is 0. The molecule has 8 heteroatoms. The van der Waals surface area contributed by atoms with E-state index < -0.39 is 0 Å². The number of piperazine rings is 2. The van der Waals surface area contributed by atoms with Gasteiger partial charge in [-0.2, -0.15) is 0 Å². The Morgan fingerprint density at radius 2 is 1.23 bits per heavy atom. The van der Waals surface area contributed by atoms with Crippen LogP contribution in [0.25, 0.3) is 0 Å². The Kier molecular flexibility index (Phi) is 4.92. The average Bonchev–Trinajstić information content (AvgIpc) is 2.47. The summed E-state index contributed by atoms with van der Waals surface area (Å²) in [4.78, 5) is 53.0. The number of hydrogen-bond acceptors (Lipinski definition) is 6. The molecule has 0 aromatic carbocycles. The average molecular weight is 310 g/mol. The van der Waals surface area contributed by atoms with Crippen molar-refractivity contribution in [3.05, 3.63) is 0 Å². The summed E-state index contributed by atoms with van der Waals surface area (Å²) in [5.74, 6) is -0.895. The van der Waals surface area contributed by atoms with Crippen LogP contribution in [0.2, 0.25) is 0 Å². The van der Waals surface area contributed by atoms with Crippen molar-refractivity contribution < 1.29 is 19.2 Å². The second kappa shape index (κ2) is 6.53. The van der Waals surface area contributed by atoms with E-state index in [1.54, 1.807) is 4.90 Å². The molecule has 2 saturated heterocycles. The molecule has 0 aromatic rings. The third kappa shape index (κ3) is 3.33. The van der Waals surface area contributed by atoms with Gasteiger partial charge in [0, 0.05) is 26.7 Å². The summed E-state index contributed by atoms with van der Waals surface area (Å²) in [6, 6.07) is -0.0365. The summed E-state index contributed by atoms with van der Waals surface area (Å²) in [5, 5.41) is 0. The van der Waals surface area contributed by atoms with Gasteiger partial charge in [0.25, 0.3) is 0 Å². The Labute approximate surface area is 129 Å². The molecule has 2 fully saturated rings. The van der Waals surface area contributed by atoms with Gasteiger partial charge in [-0.05, 0) is 6.42 Å². The molecule has 0 radical (unpaired) electrons. The maximum atomic E-state index is 11.8. The van der Waals surface area contributed by atoms with E-state index in [2.05, 4.69) is 0 Å². The molecule has 0 N–H and O–H groups in total. The Bertz CT molecular complexity index is 471. The molecule has 0 saturated carbocycles. The predicted molar refractivity (Wildman–Crippen MR) is 77.6 cm³/mol. The number of imide groups is 2. The van der Waals surface area contributed by atoms with Crippen molar-refractivity contribution in [3.63, 3.8) is 0 Å². The van der Waals surface area contributed by atoms with Crippen LogP contribution in [-0.4, -0.2) is 96.1 Å². The highest BCUT2D eigenvalue weighted by Crippen LogP contribution is 2.13. The van der Waals surface area contributed by atoms with E-state index in [0.717, 1.165) is 16.2 Å². The number of likely N-dealkylation sites (N-methyl/N-ethyl adjacent to an activating group) is 2. The minimum Gasteiger partial charge on any atom is -0.284 e. The van der Waals surface area contributed by atoms with Crippen LogP contribution in [0.3, 0.4) is 0 Å². The van der Waals surface area contributed by atoms with Crippen molar-refractivity contribution in [1.82, 2.24) is 19.6 Å². The first-order valence-corrected chi connectivity index (χ1v) is 7.38. The second-order valence-corrected chi connectivity index (χ2v) is 5.83. The molecule has 1 atom stereocenters. The van der Waals surface area contributed by atoms with Crippen molar-refractivity contribution in [2.24, 2.45) is 0 Å². The largest absolute Gasteiger partial charge is 0.284 e. The molecule has 122 valence electrons. The van der Waals surface area contributed by atoms with Gasteiger partial charge in [-0.15, -0.1) is 0 Å². The zero-order valence-electron chi connectivity index (χ0n) is 13.2. The molecule has 0 spiro atoms. The minimum atomic E-state index is -0.225. The van der Waals surface area contributed by atoms with Crippen LogP contribution >= 0.6 is 0 Å². The number of hydrogen-bond donors (Lipinski definition) is 0. The Morgan fingerprint density at radius 1 is 0.818 bits per heavy atom. The first-order chi connectivity index (χ1) is 10.3. The van der Waals surface area contributed by atoms with Crippen molar-refractivity contribution in [3.8, 4) is 0 Å². The van der Waals surface area contributed by atoms with Crippen LogP contribution in [-0.2, 0) is 19.2 Å². The molecule has 2 aliphatic rings. The van der Waals surface area contributed by atoms with Gasteiger partial charge in [-0.25, -0.2) is 0 Å². The third-order valence-electron chi connectivity index (χ3n) is 4.35. The monoisotopic (exact) mass is 310 g/mol. The van der Waals surface area contributed by atoms with Gasteiger partial charge >= 0.3 is 0 Å². The molecule has 8 nitrogen and oxygen atoms in total. The van der Waals surface area contributed by atoms with Gasteiger partial charge in [0.15, 0.2) is 0 Å². The maximum absolute atomic E-state index is 11.8. The summed E-state index contributed by atoms with van der Waals surface area (Å²) in [7, 11) is 2.97. The van der Waals surface area contributed by atoms with Crippen LogP contribution < -0.4 is 0 Å². The number of carbonyl (C=O) groups excluding carboxylic acids is 4. The van der Waals surface area contributed by atoms with E-state index in [1.807, 2.05) is 11.8 Å². The smallest absolute Gasteiger partial charge is 0.243 e. The maximum Gasteiger partial charge on any atom is 0.243 e. The number of amides is 4. The van der Waals surface area contributed by atoms with Gasteiger partial charge in [-0.3, -0.25) is 38.8 Å². The Hall–Kier alpha value is -1.80. The lowest BCUT2D eigenvalue weighted by molar-refractivity contribution is -0.154. The van der Waals surface area contributed by atoms with Crippen molar-refractivity contribution in [2.75, 3.05) is 46.8 Å². The van der Waals surface area contributed by atoms with Crippen LogP contribution in [0.15, 0.2) is 0 Å². The van der Waals surface area contributed by atoms with Crippen LogP contribution in [0.4, 0.5) is 0 Å². The zero-order chi connectivity index (χ0) is 16.4. The first-order valence-electron chi connectivity index (χ1n) is 7.38. The Morgan fingerprint density at radius 3 is 1.64 bits per heavy atom. The highest BCUT2D eigenvalue weighted by molar-refractivity contribution is 5.99. The lowest BCUT2D eigenvalue weighted by Gasteiger charge is -2.39. The highest BCUT2D eigenvalue weighted by atomic mass is 16.2. The van der Waals surface area contributed by atoms with Gasteiger partial charge in [0.2, 0.25) is 23.6 Å². The van der Waals surface area contributed by atoms with Crippen molar-refractivity contribution in [2.45, 2.75) is 19.4 Å². The predicted octanol–water partition coefficient (Wildman–Crippen LogP) is -1.63. The standard InChI is InChI=1S/C14H22N4O4/c1-4-10(18-8-13(21)16(3)14(22)9-18)5-17-6-11(19)15(2)12(20)7-17/h10H,4-9H2,1-3H3. The molecule has 2 heterocycles. The topological polar surface area (TPSA) is 81.2 Å². The molecular weight excluding hydrogens is 288 g/mol. The quantitative estimate of drug-likeness (QED) is 0.580. The van der Waals surface area contributed by atoms with Gasteiger partial charge in [0.1, 0.15) is 0 Å². The molecular formula is C14H22N4O4. The molecule has 0 bridgehead atoms. The fraction of sp³-hybridized carbons (Fsp3) is 0.714. The fourth-order valence-corrected chi connectivity index (χ4v) is 2.73. The molecule has 0 aromatic heterocycles. The number of carbonyl (C=O) groups is 4. The van der Waals surface area contributed by atoms with Crippen molar-refractivity contribution >= 4 is 23.6 Å². The molecule has 0 aliphatic carbocycles. The highest BCUT2D eigenvalue weighted by Gasteiger charge is 2.34. The van der Waals surface area contributed by atoms with E-state index in [1.165, 1.54) is 14.1 Å².